The Morgan fingerprint density at radius 1 is 1.36 bits per heavy atom. The molecule has 3 N–H and O–H groups in total. The standard InChI is InChI=1S/C7H20N2OSi/c1-4-11(5-2,10-3)7-9-6-8/h9H,4-8H2,1-3H3. The lowest BCUT2D eigenvalue weighted by molar-refractivity contribution is 0.388. The van der Waals surface area contributed by atoms with Crippen molar-refractivity contribution >= 4 is 8.32 Å². The summed E-state index contributed by atoms with van der Waals surface area (Å²) in [6, 6.07) is 2.32. The van der Waals surface area contributed by atoms with Crippen LogP contribution in [0.2, 0.25) is 12.1 Å². The van der Waals surface area contributed by atoms with Crippen molar-refractivity contribution in [3.63, 3.8) is 0 Å². The van der Waals surface area contributed by atoms with E-state index in [0.29, 0.717) is 6.67 Å². The molecule has 0 bridgehead atoms. The van der Waals surface area contributed by atoms with Gasteiger partial charge in [-0.3, -0.25) is 0 Å². The van der Waals surface area contributed by atoms with Crippen LogP contribution >= 0.6 is 0 Å². The third-order valence-electron chi connectivity index (χ3n) is 2.31. The molecule has 0 unspecified atom stereocenters. The van der Waals surface area contributed by atoms with Gasteiger partial charge in [-0.25, -0.2) is 0 Å². The summed E-state index contributed by atoms with van der Waals surface area (Å²) >= 11 is 0. The van der Waals surface area contributed by atoms with Crippen molar-refractivity contribution in [3.05, 3.63) is 0 Å². The van der Waals surface area contributed by atoms with Crippen molar-refractivity contribution in [1.82, 2.24) is 5.32 Å². The van der Waals surface area contributed by atoms with Gasteiger partial charge in [0.1, 0.15) is 0 Å². The topological polar surface area (TPSA) is 47.3 Å². The van der Waals surface area contributed by atoms with Gasteiger partial charge in [-0.05, 0) is 12.1 Å². The predicted octanol–water partition coefficient (Wildman–Crippen LogP) is 0.663. The van der Waals surface area contributed by atoms with Gasteiger partial charge in [-0.1, -0.05) is 13.8 Å². The first-order valence-corrected chi connectivity index (χ1v) is 6.73. The molecule has 0 radical (unpaired) electrons. The largest absolute Gasteiger partial charge is 0.419 e. The Hall–Kier alpha value is 0.0969. The summed E-state index contributed by atoms with van der Waals surface area (Å²) in [6.07, 6.45) is 0.979. The van der Waals surface area contributed by atoms with Crippen molar-refractivity contribution in [3.8, 4) is 0 Å². The molecule has 0 saturated heterocycles. The fourth-order valence-corrected chi connectivity index (χ4v) is 3.48. The van der Waals surface area contributed by atoms with Crippen LogP contribution in [0.25, 0.3) is 0 Å². The van der Waals surface area contributed by atoms with Crippen molar-refractivity contribution < 1.29 is 4.43 Å². The van der Waals surface area contributed by atoms with Crippen molar-refractivity contribution in [2.75, 3.05) is 19.9 Å². The second-order valence-electron chi connectivity index (χ2n) is 2.73. The molecule has 0 aromatic carbocycles. The van der Waals surface area contributed by atoms with Crippen LogP contribution in [0.4, 0.5) is 0 Å². The molecule has 3 nitrogen and oxygen atoms in total. The van der Waals surface area contributed by atoms with E-state index < -0.39 is 8.32 Å². The van der Waals surface area contributed by atoms with Gasteiger partial charge in [0.2, 0.25) is 8.32 Å². The average Bonchev–Trinajstić information content (AvgIpc) is 2.08. The molecule has 0 aromatic heterocycles. The summed E-state index contributed by atoms with van der Waals surface area (Å²) in [5.74, 6) is 0. The first-order chi connectivity index (χ1) is 5.24. The average molecular weight is 176 g/mol. The van der Waals surface area contributed by atoms with E-state index in [9.17, 15) is 0 Å². The highest BCUT2D eigenvalue weighted by atomic mass is 28.4. The van der Waals surface area contributed by atoms with Crippen LogP contribution in [0.3, 0.4) is 0 Å². The van der Waals surface area contributed by atoms with E-state index in [1.165, 1.54) is 0 Å². The van der Waals surface area contributed by atoms with Gasteiger partial charge in [-0.15, -0.1) is 0 Å². The van der Waals surface area contributed by atoms with Gasteiger partial charge >= 0.3 is 0 Å². The number of rotatable bonds is 6. The molecular formula is C7H20N2OSi. The third-order valence-corrected chi connectivity index (χ3v) is 6.65. The molecule has 0 spiro atoms. The van der Waals surface area contributed by atoms with Gasteiger partial charge in [-0.2, -0.15) is 0 Å². The monoisotopic (exact) mass is 176 g/mol. The summed E-state index contributed by atoms with van der Waals surface area (Å²) < 4.78 is 5.56. The molecule has 0 aliphatic heterocycles. The van der Waals surface area contributed by atoms with E-state index in [4.69, 9.17) is 10.2 Å². The van der Waals surface area contributed by atoms with Crippen LogP contribution in [0.15, 0.2) is 0 Å². The fourth-order valence-electron chi connectivity index (χ4n) is 1.16. The van der Waals surface area contributed by atoms with Crippen molar-refractivity contribution in [2.45, 2.75) is 25.9 Å². The van der Waals surface area contributed by atoms with Gasteiger partial charge in [0.25, 0.3) is 0 Å². The molecule has 0 aliphatic rings. The second-order valence-corrected chi connectivity index (χ2v) is 7.27. The lowest BCUT2D eigenvalue weighted by Gasteiger charge is -2.27. The number of hydrogen-bond donors (Lipinski definition) is 2. The quantitative estimate of drug-likeness (QED) is 0.462. The SMILES string of the molecule is CC[Si](CC)(CNCN)OC. The fraction of sp³-hybridized carbons (Fsp3) is 1.00. The molecule has 0 amide bonds. The van der Waals surface area contributed by atoms with Gasteiger partial charge in [0, 0.05) is 19.9 Å². The molecule has 0 atom stereocenters. The molecule has 4 heteroatoms. The third kappa shape index (κ3) is 3.33. The maximum absolute atomic E-state index is 5.56. The van der Waals surface area contributed by atoms with Gasteiger partial charge in [0.15, 0.2) is 0 Å². The zero-order valence-corrected chi connectivity index (χ0v) is 8.81. The Kier molecular flexibility index (Phi) is 5.76. The molecule has 0 rings (SSSR count). The van der Waals surface area contributed by atoms with E-state index in [-0.39, 0.29) is 0 Å². The Bertz CT molecular complexity index is 88.2. The Labute approximate surface area is 70.4 Å². The van der Waals surface area contributed by atoms with E-state index in [2.05, 4.69) is 19.2 Å². The highest BCUT2D eigenvalue weighted by Crippen LogP contribution is 2.13. The number of hydrogen-bond acceptors (Lipinski definition) is 3. The second kappa shape index (κ2) is 5.71. The zero-order valence-electron chi connectivity index (χ0n) is 7.81. The van der Waals surface area contributed by atoms with Crippen LogP contribution in [0, 0.1) is 0 Å². The first kappa shape index (κ1) is 11.1. The summed E-state index contributed by atoms with van der Waals surface area (Å²) in [7, 11) is 0.387. The van der Waals surface area contributed by atoms with Crippen LogP contribution in [-0.4, -0.2) is 28.3 Å². The van der Waals surface area contributed by atoms with Crippen LogP contribution < -0.4 is 11.1 Å². The minimum Gasteiger partial charge on any atom is -0.419 e. The van der Waals surface area contributed by atoms with Gasteiger partial charge < -0.3 is 15.5 Å². The summed E-state index contributed by atoms with van der Waals surface area (Å²) in [4.78, 5) is 0. The van der Waals surface area contributed by atoms with Crippen LogP contribution in [-0.2, 0) is 4.43 Å². The normalized spacial score (nSPS) is 12.0. The Morgan fingerprint density at radius 2 is 1.91 bits per heavy atom. The van der Waals surface area contributed by atoms with Crippen LogP contribution in [0.1, 0.15) is 13.8 Å². The molecule has 11 heavy (non-hydrogen) atoms. The first-order valence-electron chi connectivity index (χ1n) is 4.20. The van der Waals surface area contributed by atoms with E-state index in [0.717, 1.165) is 18.3 Å². The maximum atomic E-state index is 5.56. The highest BCUT2D eigenvalue weighted by Gasteiger charge is 2.28. The summed E-state index contributed by atoms with van der Waals surface area (Å²) in [6.45, 7) is 4.94. The molecule has 0 aromatic rings. The smallest absolute Gasteiger partial charge is 0.205 e. The zero-order chi connectivity index (χ0) is 8.74. The lowest BCUT2D eigenvalue weighted by atomic mass is 10.9. The van der Waals surface area contributed by atoms with E-state index in [1.54, 1.807) is 0 Å². The Balaban J connectivity index is 3.84. The predicted molar refractivity (Wildman–Crippen MR) is 50.8 cm³/mol. The molecule has 0 heterocycles. The minimum absolute atomic E-state index is 0.554. The van der Waals surface area contributed by atoms with E-state index in [1.807, 2.05) is 7.11 Å². The maximum Gasteiger partial charge on any atom is 0.205 e. The van der Waals surface area contributed by atoms with Gasteiger partial charge in [0.05, 0.1) is 0 Å². The minimum atomic E-state index is -1.43. The lowest BCUT2D eigenvalue weighted by Crippen LogP contribution is -2.47. The number of nitrogens with two attached hydrogens (primary N) is 1. The van der Waals surface area contributed by atoms with Crippen LogP contribution in [0.5, 0.6) is 0 Å². The molecule has 0 fully saturated rings. The molecule has 0 saturated carbocycles. The summed E-state index contributed by atoms with van der Waals surface area (Å²) in [5.41, 5.74) is 5.36. The van der Waals surface area contributed by atoms with Crippen molar-refractivity contribution in [1.29, 1.82) is 0 Å². The molecule has 0 aliphatic carbocycles. The summed E-state index contributed by atoms with van der Waals surface area (Å²) in [5, 5.41) is 3.16. The number of nitrogens with one attached hydrogen (secondary N) is 1. The van der Waals surface area contributed by atoms with Crippen molar-refractivity contribution in [2.24, 2.45) is 5.73 Å². The Morgan fingerprint density at radius 3 is 2.18 bits per heavy atom. The molecule has 68 valence electrons. The highest BCUT2D eigenvalue weighted by molar-refractivity contribution is 6.73. The van der Waals surface area contributed by atoms with E-state index >= 15 is 0 Å². The molecular weight excluding hydrogens is 156 g/mol.